The molecule has 0 aliphatic carbocycles. The standard InChI is InChI=1S/C30H24Cl2N6O2/c1-36-29(40)38(25-12-23(31)11-24(32)13-25)28(39)30(36)18-37(17-26(30)20-9-7-19(14-33)8-10-20)16-22-15-34-35-27(22)21-5-3-2-4-6-21/h2-13,15,26H,16-18H2,1H3,(H,34,35). The van der Waals surface area contributed by atoms with Crippen molar-refractivity contribution in [2.24, 2.45) is 0 Å². The Balaban J connectivity index is 1.41. The zero-order valence-corrected chi connectivity index (χ0v) is 23.0. The fraction of sp³-hybridized carbons (Fsp3) is 0.200. The summed E-state index contributed by atoms with van der Waals surface area (Å²) in [5, 5.41) is 17.4. The molecule has 1 aromatic heterocycles. The Kier molecular flexibility index (Phi) is 6.59. The van der Waals surface area contributed by atoms with E-state index in [1.165, 1.54) is 4.90 Å². The number of imide groups is 1. The lowest BCUT2D eigenvalue weighted by Crippen LogP contribution is -2.53. The molecule has 1 N–H and O–H groups in total. The van der Waals surface area contributed by atoms with Crippen molar-refractivity contribution >= 4 is 40.8 Å². The number of carbonyl (C=O) groups excluding carboxylic acids is 2. The number of carbonyl (C=O) groups is 2. The van der Waals surface area contributed by atoms with Crippen molar-refractivity contribution in [3.63, 3.8) is 0 Å². The van der Waals surface area contributed by atoms with E-state index in [2.05, 4.69) is 21.2 Å². The van der Waals surface area contributed by atoms with Gasteiger partial charge in [-0.1, -0.05) is 65.7 Å². The number of likely N-dealkylation sites (tertiary alicyclic amines) is 1. The molecule has 8 nitrogen and oxygen atoms in total. The number of anilines is 1. The summed E-state index contributed by atoms with van der Waals surface area (Å²) in [7, 11) is 1.67. The lowest BCUT2D eigenvalue weighted by Gasteiger charge is -2.34. The maximum absolute atomic E-state index is 14.4. The summed E-state index contributed by atoms with van der Waals surface area (Å²) in [6.45, 7) is 1.34. The highest BCUT2D eigenvalue weighted by atomic mass is 35.5. The van der Waals surface area contributed by atoms with E-state index in [0.717, 1.165) is 22.4 Å². The minimum Gasteiger partial charge on any atom is -0.310 e. The summed E-state index contributed by atoms with van der Waals surface area (Å²) in [6, 6.07) is 23.5. The average molecular weight is 571 g/mol. The Morgan fingerprint density at radius 1 is 1.05 bits per heavy atom. The number of urea groups is 1. The van der Waals surface area contributed by atoms with E-state index in [-0.39, 0.29) is 11.8 Å². The Morgan fingerprint density at radius 3 is 2.42 bits per heavy atom. The predicted octanol–water partition coefficient (Wildman–Crippen LogP) is 5.69. The maximum Gasteiger partial charge on any atom is 0.332 e. The number of hydrogen-bond donors (Lipinski definition) is 1. The number of H-pyrrole nitrogens is 1. The monoisotopic (exact) mass is 570 g/mol. The largest absolute Gasteiger partial charge is 0.332 e. The smallest absolute Gasteiger partial charge is 0.310 e. The second-order valence-corrected chi connectivity index (χ2v) is 11.0. The number of rotatable bonds is 5. The molecule has 10 heteroatoms. The van der Waals surface area contributed by atoms with Crippen molar-refractivity contribution in [3.05, 3.63) is 106 Å². The van der Waals surface area contributed by atoms with Crippen LogP contribution in [0, 0.1) is 11.3 Å². The number of amides is 3. The van der Waals surface area contributed by atoms with Crippen LogP contribution in [0.15, 0.2) is 79.0 Å². The number of hydrogen-bond acceptors (Lipinski definition) is 5. The molecule has 2 saturated heterocycles. The molecule has 200 valence electrons. The molecule has 3 heterocycles. The third-order valence-electron chi connectivity index (χ3n) is 7.85. The molecule has 2 aliphatic heterocycles. The van der Waals surface area contributed by atoms with Crippen molar-refractivity contribution in [1.82, 2.24) is 20.0 Å². The van der Waals surface area contributed by atoms with Crippen LogP contribution in [0.1, 0.15) is 22.6 Å². The molecule has 3 amide bonds. The van der Waals surface area contributed by atoms with Crippen LogP contribution in [-0.2, 0) is 11.3 Å². The lowest BCUT2D eigenvalue weighted by molar-refractivity contribution is -0.124. The van der Waals surface area contributed by atoms with E-state index in [0.29, 0.717) is 40.9 Å². The first-order chi connectivity index (χ1) is 19.3. The summed E-state index contributed by atoms with van der Waals surface area (Å²) in [5.74, 6) is -0.695. The third-order valence-corrected chi connectivity index (χ3v) is 8.29. The third kappa shape index (κ3) is 4.23. The van der Waals surface area contributed by atoms with Gasteiger partial charge in [-0.3, -0.25) is 14.8 Å². The van der Waals surface area contributed by atoms with Crippen LogP contribution in [0.3, 0.4) is 0 Å². The van der Waals surface area contributed by atoms with Crippen molar-refractivity contribution in [2.75, 3.05) is 25.0 Å². The molecule has 2 atom stereocenters. The first kappa shape index (κ1) is 26.1. The first-order valence-electron chi connectivity index (χ1n) is 12.7. The van der Waals surface area contributed by atoms with Crippen LogP contribution < -0.4 is 4.90 Å². The second kappa shape index (κ2) is 10.1. The van der Waals surface area contributed by atoms with Gasteiger partial charge in [0.1, 0.15) is 5.54 Å². The first-order valence-corrected chi connectivity index (χ1v) is 13.5. The van der Waals surface area contributed by atoms with Crippen molar-refractivity contribution in [2.45, 2.75) is 18.0 Å². The molecule has 2 aliphatic rings. The van der Waals surface area contributed by atoms with Gasteiger partial charge in [0, 0.05) is 48.2 Å². The molecular formula is C30H24Cl2N6O2. The van der Waals surface area contributed by atoms with Gasteiger partial charge in [0.15, 0.2) is 0 Å². The van der Waals surface area contributed by atoms with Gasteiger partial charge in [-0.2, -0.15) is 10.4 Å². The maximum atomic E-state index is 14.4. The topological polar surface area (TPSA) is 96.3 Å². The van der Waals surface area contributed by atoms with Gasteiger partial charge in [-0.25, -0.2) is 9.69 Å². The molecule has 1 spiro atoms. The number of aromatic nitrogens is 2. The molecule has 0 radical (unpaired) electrons. The molecular weight excluding hydrogens is 547 g/mol. The number of aromatic amines is 1. The van der Waals surface area contributed by atoms with Crippen molar-refractivity contribution in [3.8, 4) is 17.3 Å². The quantitative estimate of drug-likeness (QED) is 0.311. The number of benzene rings is 3. The van der Waals surface area contributed by atoms with E-state index >= 15 is 0 Å². The number of nitrogens with one attached hydrogen (secondary N) is 1. The minimum absolute atomic E-state index is 0.308. The van der Waals surface area contributed by atoms with Gasteiger partial charge in [0.2, 0.25) is 0 Å². The van der Waals surface area contributed by atoms with Gasteiger partial charge in [0.05, 0.1) is 29.2 Å². The van der Waals surface area contributed by atoms with Gasteiger partial charge in [-0.15, -0.1) is 0 Å². The molecule has 3 aromatic carbocycles. The van der Waals surface area contributed by atoms with E-state index < -0.39 is 11.6 Å². The highest BCUT2D eigenvalue weighted by Gasteiger charge is 2.64. The number of nitrogens with zero attached hydrogens (tertiary/aromatic N) is 5. The molecule has 2 unspecified atom stereocenters. The summed E-state index contributed by atoms with van der Waals surface area (Å²) < 4.78 is 0. The summed E-state index contributed by atoms with van der Waals surface area (Å²) in [6.07, 6.45) is 1.80. The Bertz CT molecular complexity index is 1630. The summed E-state index contributed by atoms with van der Waals surface area (Å²) in [4.78, 5) is 33.0. The highest BCUT2D eigenvalue weighted by molar-refractivity contribution is 6.35. The minimum atomic E-state index is -1.18. The van der Waals surface area contributed by atoms with Gasteiger partial charge in [-0.05, 0) is 41.5 Å². The number of nitriles is 1. The van der Waals surface area contributed by atoms with Gasteiger partial charge < -0.3 is 4.90 Å². The Hall–Kier alpha value is -4.16. The van der Waals surface area contributed by atoms with E-state index in [4.69, 9.17) is 23.2 Å². The number of likely N-dealkylation sites (N-methyl/N-ethyl adjacent to an activating group) is 1. The molecule has 0 saturated carbocycles. The highest BCUT2D eigenvalue weighted by Crippen LogP contribution is 2.47. The van der Waals surface area contributed by atoms with Crippen LogP contribution in [0.25, 0.3) is 11.3 Å². The zero-order chi connectivity index (χ0) is 28.0. The van der Waals surface area contributed by atoms with Gasteiger partial charge >= 0.3 is 6.03 Å². The van der Waals surface area contributed by atoms with Crippen LogP contribution in [-0.4, -0.2) is 57.6 Å². The SMILES string of the molecule is CN1C(=O)N(c2cc(Cl)cc(Cl)c2)C(=O)C12CN(Cc1cn[nH]c1-c1ccccc1)CC2c1ccc(C#N)cc1. The fourth-order valence-electron chi connectivity index (χ4n) is 5.94. The van der Waals surface area contributed by atoms with Crippen LogP contribution in [0.5, 0.6) is 0 Å². The van der Waals surface area contributed by atoms with Crippen molar-refractivity contribution < 1.29 is 9.59 Å². The molecule has 0 bridgehead atoms. The summed E-state index contributed by atoms with van der Waals surface area (Å²) in [5.41, 5.74) is 3.45. The van der Waals surface area contributed by atoms with E-state index in [1.807, 2.05) is 42.5 Å². The molecule has 6 rings (SSSR count). The zero-order valence-electron chi connectivity index (χ0n) is 21.5. The summed E-state index contributed by atoms with van der Waals surface area (Å²) >= 11 is 12.5. The van der Waals surface area contributed by atoms with Crippen molar-refractivity contribution in [1.29, 1.82) is 5.26 Å². The molecule has 2 fully saturated rings. The molecule has 40 heavy (non-hydrogen) atoms. The fourth-order valence-corrected chi connectivity index (χ4v) is 6.45. The second-order valence-electron chi connectivity index (χ2n) is 10.1. The Labute approximate surface area is 241 Å². The number of halogens is 2. The predicted molar refractivity (Wildman–Crippen MR) is 153 cm³/mol. The van der Waals surface area contributed by atoms with Crippen LogP contribution >= 0.6 is 23.2 Å². The van der Waals surface area contributed by atoms with E-state index in [9.17, 15) is 14.9 Å². The van der Waals surface area contributed by atoms with Gasteiger partial charge in [0.25, 0.3) is 5.91 Å². The molecule has 4 aromatic rings. The Morgan fingerprint density at radius 2 is 1.75 bits per heavy atom. The van der Waals surface area contributed by atoms with Crippen LogP contribution in [0.4, 0.5) is 10.5 Å². The van der Waals surface area contributed by atoms with E-state index in [1.54, 1.807) is 48.5 Å². The average Bonchev–Trinajstić information content (AvgIpc) is 3.62. The lowest BCUT2D eigenvalue weighted by atomic mass is 9.80. The normalized spacial score (nSPS) is 21.0. The van der Waals surface area contributed by atoms with Crippen LogP contribution in [0.2, 0.25) is 10.0 Å².